The standard InChI is InChI=1S/C12H10O3.C9H19NO/c1-15-12(14)10-6-8-4-2-3-5-9(8)7-11(10)13;1-2-3-4-5-6-7-8-10-9-11/h2-7,13H,1H3;9H,2-8H2,1H3,(H,10,11). The van der Waals surface area contributed by atoms with Gasteiger partial charge in [0.05, 0.1) is 7.11 Å². The Morgan fingerprint density at radius 2 is 1.69 bits per heavy atom. The van der Waals surface area contributed by atoms with E-state index in [0.717, 1.165) is 30.1 Å². The van der Waals surface area contributed by atoms with E-state index in [4.69, 9.17) is 0 Å². The number of amides is 1. The topological polar surface area (TPSA) is 75.6 Å². The molecule has 0 heterocycles. The van der Waals surface area contributed by atoms with E-state index in [-0.39, 0.29) is 11.3 Å². The van der Waals surface area contributed by atoms with Crippen molar-refractivity contribution in [3.05, 3.63) is 42.0 Å². The number of nitrogens with one attached hydrogen (secondary N) is 1. The van der Waals surface area contributed by atoms with Crippen molar-refractivity contribution in [1.29, 1.82) is 0 Å². The molecule has 2 aromatic rings. The Hall–Kier alpha value is -2.56. The van der Waals surface area contributed by atoms with Crippen LogP contribution in [0.2, 0.25) is 0 Å². The lowest BCUT2D eigenvalue weighted by molar-refractivity contribution is -0.109. The molecule has 0 aliphatic heterocycles. The zero-order valence-corrected chi connectivity index (χ0v) is 15.7. The fourth-order valence-electron chi connectivity index (χ4n) is 2.57. The van der Waals surface area contributed by atoms with Gasteiger partial charge >= 0.3 is 5.97 Å². The average molecular weight is 359 g/mol. The second-order valence-corrected chi connectivity index (χ2v) is 6.05. The van der Waals surface area contributed by atoms with E-state index in [0.29, 0.717) is 0 Å². The summed E-state index contributed by atoms with van der Waals surface area (Å²) in [6, 6.07) is 10.7. The van der Waals surface area contributed by atoms with Gasteiger partial charge in [-0.05, 0) is 29.3 Å². The van der Waals surface area contributed by atoms with Gasteiger partial charge in [0.2, 0.25) is 6.41 Å². The molecule has 1 amide bonds. The normalized spacial score (nSPS) is 9.92. The van der Waals surface area contributed by atoms with Crippen molar-refractivity contribution in [2.75, 3.05) is 13.7 Å². The molecule has 26 heavy (non-hydrogen) atoms. The van der Waals surface area contributed by atoms with Gasteiger partial charge in [-0.2, -0.15) is 0 Å². The predicted octanol–water partition coefficient (Wildman–Crippen LogP) is 4.42. The van der Waals surface area contributed by atoms with Crippen molar-refractivity contribution in [1.82, 2.24) is 5.32 Å². The maximum atomic E-state index is 11.3. The smallest absolute Gasteiger partial charge is 0.341 e. The summed E-state index contributed by atoms with van der Waals surface area (Å²) in [4.78, 5) is 21.1. The number of phenols is 1. The lowest BCUT2D eigenvalue weighted by atomic mass is 10.1. The summed E-state index contributed by atoms with van der Waals surface area (Å²) < 4.78 is 4.57. The Kier molecular flexibility index (Phi) is 10.5. The molecule has 0 atom stereocenters. The molecule has 2 N–H and O–H groups in total. The highest BCUT2D eigenvalue weighted by atomic mass is 16.5. The molecule has 5 nitrogen and oxygen atoms in total. The van der Waals surface area contributed by atoms with Crippen molar-refractivity contribution >= 4 is 23.2 Å². The molecule has 0 spiro atoms. The molecular formula is C21H29NO4. The van der Waals surface area contributed by atoms with Crippen LogP contribution >= 0.6 is 0 Å². The zero-order valence-electron chi connectivity index (χ0n) is 15.7. The Labute approximate surface area is 155 Å². The summed E-state index contributed by atoms with van der Waals surface area (Å²) in [6.07, 6.45) is 8.45. The number of aromatic hydroxyl groups is 1. The molecule has 0 saturated carbocycles. The maximum Gasteiger partial charge on any atom is 0.341 e. The van der Waals surface area contributed by atoms with Crippen LogP contribution in [0, 0.1) is 0 Å². The lowest BCUT2D eigenvalue weighted by Gasteiger charge is -2.04. The third-order valence-corrected chi connectivity index (χ3v) is 4.03. The SMILES string of the molecule is CCCCCCCCNC=O.COC(=O)c1cc2ccccc2cc1O. The van der Waals surface area contributed by atoms with E-state index in [1.807, 2.05) is 24.3 Å². The van der Waals surface area contributed by atoms with Gasteiger partial charge in [0.25, 0.3) is 0 Å². The Morgan fingerprint density at radius 1 is 1.08 bits per heavy atom. The molecule has 0 aromatic heterocycles. The molecule has 0 aliphatic carbocycles. The summed E-state index contributed by atoms with van der Waals surface area (Å²) in [5.41, 5.74) is 0.191. The summed E-state index contributed by atoms with van der Waals surface area (Å²) in [5, 5.41) is 14.1. The number of rotatable bonds is 9. The van der Waals surface area contributed by atoms with Gasteiger partial charge in [0.1, 0.15) is 11.3 Å². The molecular weight excluding hydrogens is 330 g/mol. The summed E-state index contributed by atoms with van der Waals surface area (Å²) in [6.45, 7) is 3.06. The van der Waals surface area contributed by atoms with Crippen LogP contribution < -0.4 is 5.32 Å². The van der Waals surface area contributed by atoms with Crippen LogP contribution in [-0.4, -0.2) is 31.1 Å². The number of unbranched alkanes of at least 4 members (excludes halogenated alkanes) is 5. The summed E-state index contributed by atoms with van der Waals surface area (Å²) in [5.74, 6) is -0.584. The Morgan fingerprint density at radius 3 is 2.31 bits per heavy atom. The number of methoxy groups -OCH3 is 1. The zero-order chi connectivity index (χ0) is 19.2. The van der Waals surface area contributed by atoms with Crippen molar-refractivity contribution in [2.24, 2.45) is 0 Å². The summed E-state index contributed by atoms with van der Waals surface area (Å²) >= 11 is 0. The molecule has 0 bridgehead atoms. The second-order valence-electron chi connectivity index (χ2n) is 6.05. The third kappa shape index (κ3) is 7.55. The van der Waals surface area contributed by atoms with Crippen LogP contribution in [0.1, 0.15) is 55.8 Å². The van der Waals surface area contributed by atoms with E-state index in [9.17, 15) is 14.7 Å². The van der Waals surface area contributed by atoms with Crippen molar-refractivity contribution < 1.29 is 19.4 Å². The highest BCUT2D eigenvalue weighted by Gasteiger charge is 2.11. The molecule has 2 rings (SSSR count). The van der Waals surface area contributed by atoms with Crippen LogP contribution in [0.5, 0.6) is 5.75 Å². The maximum absolute atomic E-state index is 11.3. The molecule has 0 fully saturated rings. The second kappa shape index (κ2) is 12.8. The van der Waals surface area contributed by atoms with E-state index in [1.54, 1.807) is 12.1 Å². The number of hydrogen-bond acceptors (Lipinski definition) is 4. The largest absolute Gasteiger partial charge is 0.507 e. The fourth-order valence-corrected chi connectivity index (χ4v) is 2.57. The molecule has 0 saturated heterocycles. The van der Waals surface area contributed by atoms with Gasteiger partial charge < -0.3 is 15.2 Å². The first-order chi connectivity index (χ1) is 12.6. The van der Waals surface area contributed by atoms with Crippen LogP contribution in [0.15, 0.2) is 36.4 Å². The Bertz CT molecular complexity index is 685. The highest BCUT2D eigenvalue weighted by Crippen LogP contribution is 2.25. The number of benzene rings is 2. The number of ether oxygens (including phenoxy) is 1. The predicted molar refractivity (Wildman–Crippen MR) is 104 cm³/mol. The molecule has 2 aromatic carbocycles. The van der Waals surface area contributed by atoms with Gasteiger partial charge in [0, 0.05) is 6.54 Å². The first kappa shape index (κ1) is 21.5. The molecule has 0 unspecified atom stereocenters. The van der Waals surface area contributed by atoms with E-state index >= 15 is 0 Å². The van der Waals surface area contributed by atoms with Crippen molar-refractivity contribution in [3.63, 3.8) is 0 Å². The minimum absolute atomic E-state index is 0.0550. The number of fused-ring (bicyclic) bond motifs is 1. The van der Waals surface area contributed by atoms with Crippen LogP contribution in [0.3, 0.4) is 0 Å². The van der Waals surface area contributed by atoms with Crippen LogP contribution in [0.4, 0.5) is 0 Å². The van der Waals surface area contributed by atoms with Crippen LogP contribution in [-0.2, 0) is 9.53 Å². The number of esters is 1. The van der Waals surface area contributed by atoms with E-state index < -0.39 is 5.97 Å². The van der Waals surface area contributed by atoms with Crippen molar-refractivity contribution in [2.45, 2.75) is 45.4 Å². The summed E-state index contributed by atoms with van der Waals surface area (Å²) in [7, 11) is 1.29. The van der Waals surface area contributed by atoms with Crippen LogP contribution in [0.25, 0.3) is 10.8 Å². The quantitative estimate of drug-likeness (QED) is 0.395. The van der Waals surface area contributed by atoms with Gasteiger partial charge in [-0.1, -0.05) is 63.3 Å². The monoisotopic (exact) mass is 359 g/mol. The Balaban J connectivity index is 0.000000276. The number of carbonyl (C=O) groups is 2. The third-order valence-electron chi connectivity index (χ3n) is 4.03. The van der Waals surface area contributed by atoms with Gasteiger partial charge in [-0.25, -0.2) is 4.79 Å². The first-order valence-corrected chi connectivity index (χ1v) is 9.11. The highest BCUT2D eigenvalue weighted by molar-refractivity contribution is 5.98. The molecule has 142 valence electrons. The average Bonchev–Trinajstić information content (AvgIpc) is 2.66. The minimum atomic E-state index is -0.529. The number of hydrogen-bond donors (Lipinski definition) is 2. The number of phenolic OH excluding ortho intramolecular Hbond substituents is 1. The molecule has 0 aliphatic rings. The van der Waals surface area contributed by atoms with Crippen molar-refractivity contribution in [3.8, 4) is 5.75 Å². The lowest BCUT2D eigenvalue weighted by Crippen LogP contribution is -2.11. The number of carbonyl (C=O) groups excluding carboxylic acids is 2. The van der Waals surface area contributed by atoms with Gasteiger partial charge in [-0.15, -0.1) is 0 Å². The fraction of sp³-hybridized carbons (Fsp3) is 0.429. The van der Waals surface area contributed by atoms with E-state index in [2.05, 4.69) is 17.0 Å². The minimum Gasteiger partial charge on any atom is -0.507 e. The first-order valence-electron chi connectivity index (χ1n) is 9.11. The molecule has 5 heteroatoms. The molecule has 0 radical (unpaired) electrons. The van der Waals surface area contributed by atoms with Gasteiger partial charge in [-0.3, -0.25) is 4.79 Å². The van der Waals surface area contributed by atoms with E-state index in [1.165, 1.54) is 39.2 Å². The van der Waals surface area contributed by atoms with Gasteiger partial charge in [0.15, 0.2) is 0 Å².